The molecule has 1 saturated carbocycles. The minimum atomic E-state index is -0.356. The van der Waals surface area contributed by atoms with E-state index in [1.54, 1.807) is 6.92 Å². The zero-order valence-electron chi connectivity index (χ0n) is 8.63. The summed E-state index contributed by atoms with van der Waals surface area (Å²) in [5, 5.41) is 0. The third-order valence-corrected chi connectivity index (χ3v) is 2.54. The lowest BCUT2D eigenvalue weighted by molar-refractivity contribution is 0.0486. The minimum Gasteiger partial charge on any atom is -0.462 e. The molecular formula is C12H13FO2. The van der Waals surface area contributed by atoms with Crippen LogP contribution in [0.1, 0.15) is 28.8 Å². The van der Waals surface area contributed by atoms with E-state index in [1.807, 2.05) is 0 Å². The van der Waals surface area contributed by atoms with Crippen molar-refractivity contribution in [2.75, 3.05) is 6.61 Å². The van der Waals surface area contributed by atoms with Gasteiger partial charge in [0.05, 0.1) is 12.2 Å². The molecule has 0 bridgehead atoms. The van der Waals surface area contributed by atoms with Crippen molar-refractivity contribution in [2.24, 2.45) is 5.92 Å². The second kappa shape index (κ2) is 4.01. The molecule has 1 aromatic rings. The van der Waals surface area contributed by atoms with Crippen LogP contribution in [0.3, 0.4) is 0 Å². The largest absolute Gasteiger partial charge is 0.462 e. The third-order valence-electron chi connectivity index (χ3n) is 2.54. The molecule has 0 heterocycles. The van der Waals surface area contributed by atoms with Crippen LogP contribution in [0.2, 0.25) is 0 Å². The molecule has 1 fully saturated rings. The fraction of sp³-hybridized carbons (Fsp3) is 0.417. The van der Waals surface area contributed by atoms with Crippen LogP contribution < -0.4 is 0 Å². The maximum Gasteiger partial charge on any atom is 0.338 e. The molecule has 0 radical (unpaired) electrons. The van der Waals surface area contributed by atoms with Gasteiger partial charge in [0, 0.05) is 0 Å². The molecule has 0 spiro atoms. The fourth-order valence-electron chi connectivity index (χ4n) is 1.33. The van der Waals surface area contributed by atoms with E-state index in [-0.39, 0.29) is 11.8 Å². The van der Waals surface area contributed by atoms with Crippen molar-refractivity contribution in [3.05, 3.63) is 35.1 Å². The van der Waals surface area contributed by atoms with Gasteiger partial charge in [0.1, 0.15) is 5.82 Å². The first-order chi connectivity index (χ1) is 7.16. The molecule has 2 nitrogen and oxygen atoms in total. The highest BCUT2D eigenvalue weighted by Gasteiger charge is 2.23. The summed E-state index contributed by atoms with van der Waals surface area (Å²) < 4.78 is 18.0. The number of ether oxygens (including phenoxy) is 1. The van der Waals surface area contributed by atoms with Crippen LogP contribution in [0.5, 0.6) is 0 Å². The molecule has 1 aliphatic carbocycles. The number of carbonyl (C=O) groups is 1. The average molecular weight is 208 g/mol. The van der Waals surface area contributed by atoms with E-state index in [0.29, 0.717) is 23.7 Å². The Kier molecular flexibility index (Phi) is 2.71. The number of hydrogen-bond donors (Lipinski definition) is 0. The molecule has 80 valence electrons. The number of benzene rings is 1. The molecule has 1 aliphatic rings. The first-order valence-corrected chi connectivity index (χ1v) is 5.10. The molecular weight excluding hydrogens is 195 g/mol. The summed E-state index contributed by atoms with van der Waals surface area (Å²) in [7, 11) is 0. The van der Waals surface area contributed by atoms with Crippen LogP contribution in [-0.2, 0) is 4.74 Å². The highest BCUT2D eigenvalue weighted by molar-refractivity contribution is 5.89. The predicted molar refractivity (Wildman–Crippen MR) is 54.1 cm³/mol. The minimum absolute atomic E-state index is 0.297. The van der Waals surface area contributed by atoms with Crippen LogP contribution in [0.4, 0.5) is 4.39 Å². The Morgan fingerprint density at radius 3 is 2.87 bits per heavy atom. The Bertz CT molecular complexity index is 383. The number of rotatable bonds is 3. The normalized spacial score (nSPS) is 15.1. The number of aryl methyl sites for hydroxylation is 1. The lowest BCUT2D eigenvalue weighted by Gasteiger charge is -2.04. The van der Waals surface area contributed by atoms with Crippen molar-refractivity contribution in [1.82, 2.24) is 0 Å². The van der Waals surface area contributed by atoms with Crippen molar-refractivity contribution in [3.63, 3.8) is 0 Å². The molecule has 0 atom stereocenters. The molecule has 0 unspecified atom stereocenters. The smallest absolute Gasteiger partial charge is 0.338 e. The Balaban J connectivity index is 2.00. The zero-order chi connectivity index (χ0) is 10.8. The molecule has 0 amide bonds. The van der Waals surface area contributed by atoms with Crippen LogP contribution in [-0.4, -0.2) is 12.6 Å². The van der Waals surface area contributed by atoms with Crippen LogP contribution in [0.25, 0.3) is 0 Å². The maximum atomic E-state index is 12.9. The average Bonchev–Trinajstić information content (AvgIpc) is 3.02. The Hall–Kier alpha value is -1.38. The van der Waals surface area contributed by atoms with E-state index < -0.39 is 0 Å². The van der Waals surface area contributed by atoms with Crippen molar-refractivity contribution in [1.29, 1.82) is 0 Å². The maximum absolute atomic E-state index is 12.9. The van der Waals surface area contributed by atoms with Crippen LogP contribution in [0.15, 0.2) is 18.2 Å². The molecule has 15 heavy (non-hydrogen) atoms. The van der Waals surface area contributed by atoms with Crippen molar-refractivity contribution in [2.45, 2.75) is 19.8 Å². The van der Waals surface area contributed by atoms with E-state index in [2.05, 4.69) is 0 Å². The molecule has 0 saturated heterocycles. The highest BCUT2D eigenvalue weighted by Crippen LogP contribution is 2.29. The van der Waals surface area contributed by atoms with Gasteiger partial charge in [-0.25, -0.2) is 9.18 Å². The van der Waals surface area contributed by atoms with E-state index >= 15 is 0 Å². The van der Waals surface area contributed by atoms with Crippen LogP contribution in [0, 0.1) is 18.7 Å². The summed E-state index contributed by atoms with van der Waals surface area (Å²) in [6.07, 6.45) is 2.30. The lowest BCUT2D eigenvalue weighted by atomic mass is 10.1. The van der Waals surface area contributed by atoms with E-state index in [1.165, 1.54) is 18.2 Å². The van der Waals surface area contributed by atoms with E-state index in [9.17, 15) is 9.18 Å². The summed E-state index contributed by atoms with van der Waals surface area (Å²) in [5.41, 5.74) is 0.894. The molecule has 1 aromatic carbocycles. The summed E-state index contributed by atoms with van der Waals surface area (Å²) >= 11 is 0. The van der Waals surface area contributed by atoms with Crippen molar-refractivity contribution < 1.29 is 13.9 Å². The van der Waals surface area contributed by atoms with Crippen molar-refractivity contribution in [3.8, 4) is 0 Å². The van der Waals surface area contributed by atoms with Crippen molar-refractivity contribution >= 4 is 5.97 Å². The number of carbonyl (C=O) groups excluding carboxylic acids is 1. The van der Waals surface area contributed by atoms with Gasteiger partial charge >= 0.3 is 5.97 Å². The van der Waals surface area contributed by atoms with Gasteiger partial charge in [-0.3, -0.25) is 0 Å². The van der Waals surface area contributed by atoms with Gasteiger partial charge in [0.15, 0.2) is 0 Å². The van der Waals surface area contributed by atoms with Gasteiger partial charge in [-0.2, -0.15) is 0 Å². The van der Waals surface area contributed by atoms with Gasteiger partial charge in [-0.05, 0) is 49.4 Å². The lowest BCUT2D eigenvalue weighted by Crippen LogP contribution is -2.07. The number of halogens is 1. The summed E-state index contributed by atoms with van der Waals surface area (Å²) in [4.78, 5) is 11.5. The van der Waals surface area contributed by atoms with E-state index in [4.69, 9.17) is 4.74 Å². The highest BCUT2D eigenvalue weighted by atomic mass is 19.1. The molecule has 0 aromatic heterocycles. The van der Waals surface area contributed by atoms with E-state index in [0.717, 1.165) is 12.8 Å². The molecule has 2 rings (SSSR count). The standard InChI is InChI=1S/C12H13FO2/c1-8-6-10(4-5-11(8)13)12(14)15-7-9-2-3-9/h4-6,9H,2-3,7H2,1H3. The fourth-order valence-corrected chi connectivity index (χ4v) is 1.33. The van der Waals surface area contributed by atoms with Gasteiger partial charge in [-0.1, -0.05) is 0 Å². The predicted octanol–water partition coefficient (Wildman–Crippen LogP) is 2.70. The van der Waals surface area contributed by atoms with Crippen LogP contribution >= 0.6 is 0 Å². The Morgan fingerprint density at radius 2 is 2.27 bits per heavy atom. The van der Waals surface area contributed by atoms with Gasteiger partial charge in [0.25, 0.3) is 0 Å². The topological polar surface area (TPSA) is 26.3 Å². The first kappa shape index (κ1) is 10.1. The first-order valence-electron chi connectivity index (χ1n) is 5.10. The molecule has 0 N–H and O–H groups in total. The van der Waals surface area contributed by atoms with Gasteiger partial charge < -0.3 is 4.74 Å². The zero-order valence-corrected chi connectivity index (χ0v) is 8.63. The molecule has 0 aliphatic heterocycles. The third kappa shape index (κ3) is 2.55. The Morgan fingerprint density at radius 1 is 1.53 bits per heavy atom. The number of esters is 1. The summed E-state index contributed by atoms with van der Waals surface area (Å²) in [6, 6.07) is 4.27. The quantitative estimate of drug-likeness (QED) is 0.714. The molecule has 3 heteroatoms. The second-order valence-electron chi connectivity index (χ2n) is 4.01. The monoisotopic (exact) mass is 208 g/mol. The Labute approximate surface area is 88.1 Å². The SMILES string of the molecule is Cc1cc(C(=O)OCC2CC2)ccc1F. The van der Waals surface area contributed by atoms with Gasteiger partial charge in [0.2, 0.25) is 0 Å². The number of hydrogen-bond acceptors (Lipinski definition) is 2. The summed E-state index contributed by atoms with van der Waals surface area (Å²) in [5.74, 6) is -0.103. The summed E-state index contributed by atoms with van der Waals surface area (Å²) in [6.45, 7) is 2.13. The second-order valence-corrected chi connectivity index (χ2v) is 4.01. The van der Waals surface area contributed by atoms with Gasteiger partial charge in [-0.15, -0.1) is 0 Å².